The first-order chi connectivity index (χ1) is 11.6. The molecule has 0 aliphatic heterocycles. The van der Waals surface area contributed by atoms with Crippen LogP contribution in [0.2, 0.25) is 0 Å². The quantitative estimate of drug-likeness (QED) is 0.134. The molecule has 12 heteroatoms. The summed E-state index contributed by atoms with van der Waals surface area (Å²) < 4.78 is 0. The lowest BCUT2D eigenvalue weighted by Gasteiger charge is -2.17. The predicted molar refractivity (Wildman–Crippen MR) is 100 cm³/mol. The van der Waals surface area contributed by atoms with Gasteiger partial charge in [-0.2, -0.15) is 0 Å². The third-order valence-electron chi connectivity index (χ3n) is 3.38. The average molecular weight is 497 g/mol. The highest BCUT2D eigenvalue weighted by Gasteiger charge is 2.14. The van der Waals surface area contributed by atoms with Gasteiger partial charge < -0.3 is 45.2 Å². The zero-order valence-electron chi connectivity index (χ0n) is 14.6. The smallest absolute Gasteiger partial charge is 0.275 e. The Morgan fingerprint density at radius 2 is 0.885 bits per heavy atom. The number of carbonyl (C=O) groups is 2. The van der Waals surface area contributed by atoms with Gasteiger partial charge in [0.05, 0.1) is 49.7 Å². The highest BCUT2D eigenvalue weighted by atomic mass is 35.5. The summed E-state index contributed by atoms with van der Waals surface area (Å²) in [7, 11) is 0. The molecule has 0 radical (unpaired) electrons. The maximum Gasteiger partial charge on any atom is 0.275 e. The topological polar surface area (TPSA) is 67.1 Å². The van der Waals surface area contributed by atoms with Gasteiger partial charge in [-0.1, -0.05) is 0 Å². The number of rotatable bonds is 15. The first-order valence-electron chi connectivity index (χ1n) is 8.01. The van der Waals surface area contributed by atoms with Crippen LogP contribution < -0.4 is 45.2 Å². The molecule has 0 aromatic heterocycles. The van der Waals surface area contributed by atoms with Crippen molar-refractivity contribution in [3.05, 3.63) is 0 Å². The Morgan fingerprint density at radius 3 is 1.12 bits per heavy atom. The van der Waals surface area contributed by atoms with Gasteiger partial charge in [0, 0.05) is 13.1 Å². The normalized spacial score (nSPS) is 10.2. The van der Waals surface area contributed by atoms with E-state index >= 15 is 0 Å². The monoisotopic (exact) mass is 494 g/mol. The van der Waals surface area contributed by atoms with Crippen LogP contribution in [-0.4, -0.2) is 87.7 Å². The number of alkyl halides is 4. The van der Waals surface area contributed by atoms with Gasteiger partial charge in [-0.3, -0.25) is 9.59 Å². The van der Waals surface area contributed by atoms with E-state index in [9.17, 15) is 9.59 Å². The van der Waals surface area contributed by atoms with Crippen LogP contribution in [0.1, 0.15) is 0 Å². The maximum atomic E-state index is 11.8. The molecule has 2 amide bonds. The molecule has 0 aromatic rings. The van der Waals surface area contributed by atoms with Crippen molar-refractivity contribution in [1.82, 2.24) is 10.6 Å². The fourth-order valence-electron chi connectivity index (χ4n) is 2.12. The molecule has 6 nitrogen and oxygen atoms in total. The first kappa shape index (κ1) is 31.3. The second-order valence-corrected chi connectivity index (χ2v) is 6.82. The van der Waals surface area contributed by atoms with Crippen molar-refractivity contribution < 1.29 is 44.2 Å². The van der Waals surface area contributed by atoms with Gasteiger partial charge in [-0.25, -0.2) is 0 Å². The average Bonchev–Trinajstić information content (AvgIpc) is 2.52. The van der Waals surface area contributed by atoms with E-state index in [4.69, 9.17) is 46.4 Å². The molecular weight excluding hydrogens is 469 g/mol. The minimum atomic E-state index is -0.0778. The van der Waals surface area contributed by atoms with Crippen LogP contribution in [0.25, 0.3) is 0 Å². The summed E-state index contributed by atoms with van der Waals surface area (Å²) >= 11 is 22.8. The van der Waals surface area contributed by atoms with Gasteiger partial charge in [-0.05, 0) is 0 Å². The lowest BCUT2D eigenvalue weighted by molar-refractivity contribution is -0.887. The first-order valence-corrected chi connectivity index (χ1v) is 10.2. The highest BCUT2D eigenvalue weighted by molar-refractivity contribution is 6.18. The van der Waals surface area contributed by atoms with Crippen molar-refractivity contribution in [2.45, 2.75) is 0 Å². The van der Waals surface area contributed by atoms with Crippen LogP contribution in [-0.2, 0) is 9.59 Å². The van der Waals surface area contributed by atoms with Crippen LogP contribution in [0, 0.1) is 0 Å². The molecule has 0 unspecified atom stereocenters. The molecule has 0 aromatic carbocycles. The van der Waals surface area contributed by atoms with Crippen molar-refractivity contribution in [1.29, 1.82) is 0 Å². The van der Waals surface area contributed by atoms with E-state index < -0.39 is 0 Å². The van der Waals surface area contributed by atoms with Crippen molar-refractivity contribution in [2.75, 3.05) is 75.9 Å². The van der Waals surface area contributed by atoms with Crippen molar-refractivity contribution in [3.63, 3.8) is 0 Å². The van der Waals surface area contributed by atoms with E-state index in [1.165, 1.54) is 0 Å². The van der Waals surface area contributed by atoms with Gasteiger partial charge in [-0.15, -0.1) is 46.4 Å². The van der Waals surface area contributed by atoms with Crippen molar-refractivity contribution in [2.24, 2.45) is 0 Å². The molecule has 0 spiro atoms. The Bertz CT molecular complexity index is 311. The van der Waals surface area contributed by atoms with Crippen molar-refractivity contribution >= 4 is 58.2 Å². The Morgan fingerprint density at radius 1 is 0.615 bits per heavy atom. The lowest BCUT2D eigenvalue weighted by Crippen LogP contribution is -3.14. The van der Waals surface area contributed by atoms with E-state index in [1.54, 1.807) is 0 Å². The Kier molecular flexibility index (Phi) is 26.4. The van der Waals surface area contributed by atoms with E-state index in [2.05, 4.69) is 10.6 Å². The minimum absolute atomic E-state index is 0. The Hall–Kier alpha value is 0.600. The number of amides is 2. The Balaban J connectivity index is -0.00000264. The molecular formula is C14H28Cl6N4O2. The van der Waals surface area contributed by atoms with Crippen LogP contribution >= 0.6 is 46.4 Å². The molecule has 4 N–H and O–H groups in total. The number of hydrogen-bond donors (Lipinski definition) is 4. The van der Waals surface area contributed by atoms with E-state index in [0.717, 1.165) is 9.80 Å². The molecule has 0 aliphatic rings. The zero-order valence-corrected chi connectivity index (χ0v) is 19.1. The Labute approximate surface area is 188 Å². The summed E-state index contributed by atoms with van der Waals surface area (Å²) in [5.74, 6) is 1.78. The van der Waals surface area contributed by atoms with Crippen molar-refractivity contribution in [3.8, 4) is 0 Å². The van der Waals surface area contributed by atoms with E-state index in [1.807, 2.05) is 0 Å². The van der Waals surface area contributed by atoms with Crippen LogP contribution in [0.4, 0.5) is 0 Å². The molecule has 0 atom stereocenters. The van der Waals surface area contributed by atoms with E-state index in [0.29, 0.717) is 75.9 Å². The van der Waals surface area contributed by atoms with Gasteiger partial charge in [0.15, 0.2) is 13.1 Å². The molecule has 0 heterocycles. The molecule has 0 aliphatic carbocycles. The summed E-state index contributed by atoms with van der Waals surface area (Å²) in [6.07, 6.45) is 0. The summed E-state index contributed by atoms with van der Waals surface area (Å²) in [4.78, 5) is 25.8. The molecule has 158 valence electrons. The largest absolute Gasteiger partial charge is 1.00 e. The van der Waals surface area contributed by atoms with Crippen LogP contribution in [0.5, 0.6) is 0 Å². The van der Waals surface area contributed by atoms with E-state index in [-0.39, 0.29) is 36.6 Å². The van der Waals surface area contributed by atoms with Crippen LogP contribution in [0.3, 0.4) is 0 Å². The number of hydrogen-bond acceptors (Lipinski definition) is 2. The number of quaternary nitrogens is 2. The van der Waals surface area contributed by atoms with Gasteiger partial charge in [0.2, 0.25) is 0 Å². The fraction of sp³-hybridized carbons (Fsp3) is 0.857. The predicted octanol–water partition coefficient (Wildman–Crippen LogP) is -8.05. The number of carbonyl (C=O) groups excluding carboxylic acids is 2. The van der Waals surface area contributed by atoms with Gasteiger partial charge in [0.1, 0.15) is 0 Å². The minimum Gasteiger partial charge on any atom is -1.00 e. The third-order valence-corrected chi connectivity index (χ3v) is 4.14. The maximum absolute atomic E-state index is 11.8. The SMILES string of the molecule is O=C(C[NH+](CCCl)CCCl)NCCNC(=O)C[NH+](CCCl)CCCl.[Cl-].[Cl-]. The molecule has 0 saturated carbocycles. The summed E-state index contributed by atoms with van der Waals surface area (Å²) in [6, 6.07) is 0. The molecule has 0 fully saturated rings. The second-order valence-electron chi connectivity index (χ2n) is 5.31. The van der Waals surface area contributed by atoms with Gasteiger partial charge in [0.25, 0.3) is 11.8 Å². The molecule has 0 saturated heterocycles. The molecule has 26 heavy (non-hydrogen) atoms. The lowest BCUT2D eigenvalue weighted by atomic mass is 10.4. The standard InChI is InChI=1S/C14H26Cl4N4O2.2ClH/c15-1-7-21(8-2-16)11-13(23)19-5-6-20-14(24)12-22(9-3-17)10-4-18;;/h1-12H2,(H,19,23)(H,20,24);2*1H. The molecule has 0 rings (SSSR count). The molecule has 0 bridgehead atoms. The number of halogens is 6. The number of nitrogens with one attached hydrogen (secondary N) is 4. The summed E-state index contributed by atoms with van der Waals surface area (Å²) in [6.45, 7) is 4.21. The third kappa shape index (κ3) is 18.0. The van der Waals surface area contributed by atoms with Crippen LogP contribution in [0.15, 0.2) is 0 Å². The summed E-state index contributed by atoms with van der Waals surface area (Å²) in [5.41, 5.74) is 0. The zero-order chi connectivity index (χ0) is 18.2. The highest BCUT2D eigenvalue weighted by Crippen LogP contribution is 1.72. The summed E-state index contributed by atoms with van der Waals surface area (Å²) in [5, 5.41) is 5.56. The van der Waals surface area contributed by atoms with Gasteiger partial charge >= 0.3 is 0 Å². The second kappa shape index (κ2) is 21.9. The fourth-order valence-corrected chi connectivity index (χ4v) is 3.19.